The number of rotatable bonds is 3. The smallest absolute Gasteiger partial charge is 0.256 e. The monoisotopic (exact) mass is 251 g/mol. The number of anilines is 1. The predicted octanol–water partition coefficient (Wildman–Crippen LogP) is 0.507. The first-order chi connectivity index (χ1) is 8.12. The van der Waals surface area contributed by atoms with Gasteiger partial charge in [0.15, 0.2) is 0 Å². The third kappa shape index (κ3) is 3.04. The molecule has 98 valence electrons. The van der Waals surface area contributed by atoms with Crippen LogP contribution in [-0.2, 0) is 4.79 Å². The van der Waals surface area contributed by atoms with Crippen LogP contribution in [0.4, 0.5) is 5.82 Å². The number of primary amides is 1. The second-order valence-corrected chi connectivity index (χ2v) is 4.66. The molecule has 0 bridgehead atoms. The SMILES string of the molecule is Cc1cc(C(N)=O)c(C)c(NC(=O)C(C)(C)O)n1. The molecule has 0 atom stereocenters. The number of pyridine rings is 1. The Morgan fingerprint density at radius 1 is 1.39 bits per heavy atom. The zero-order chi connectivity index (χ0) is 14.1. The minimum atomic E-state index is -1.52. The summed E-state index contributed by atoms with van der Waals surface area (Å²) in [6.07, 6.45) is 0. The van der Waals surface area contributed by atoms with Gasteiger partial charge in [0.05, 0.1) is 0 Å². The number of carbonyl (C=O) groups excluding carboxylic acids is 2. The molecule has 0 fully saturated rings. The van der Waals surface area contributed by atoms with E-state index in [9.17, 15) is 14.7 Å². The van der Waals surface area contributed by atoms with E-state index in [1.165, 1.54) is 13.8 Å². The zero-order valence-corrected chi connectivity index (χ0v) is 10.9. The van der Waals surface area contributed by atoms with Crippen LogP contribution in [0.3, 0.4) is 0 Å². The molecule has 6 nitrogen and oxygen atoms in total. The largest absolute Gasteiger partial charge is 0.381 e. The maximum absolute atomic E-state index is 11.7. The lowest BCUT2D eigenvalue weighted by Gasteiger charge is -2.18. The summed E-state index contributed by atoms with van der Waals surface area (Å²) in [6, 6.07) is 1.55. The van der Waals surface area contributed by atoms with Crippen LogP contribution in [0.5, 0.6) is 0 Å². The van der Waals surface area contributed by atoms with Crippen molar-refractivity contribution in [3.63, 3.8) is 0 Å². The van der Waals surface area contributed by atoms with E-state index in [-0.39, 0.29) is 5.82 Å². The van der Waals surface area contributed by atoms with Gasteiger partial charge < -0.3 is 16.2 Å². The van der Waals surface area contributed by atoms with Gasteiger partial charge in [0.1, 0.15) is 11.4 Å². The Morgan fingerprint density at radius 2 is 1.94 bits per heavy atom. The van der Waals surface area contributed by atoms with Crippen LogP contribution in [0.2, 0.25) is 0 Å². The highest BCUT2D eigenvalue weighted by atomic mass is 16.3. The lowest BCUT2D eigenvalue weighted by molar-refractivity contribution is -0.130. The van der Waals surface area contributed by atoms with Crippen LogP contribution < -0.4 is 11.1 Å². The molecule has 1 heterocycles. The van der Waals surface area contributed by atoms with E-state index in [1.54, 1.807) is 19.9 Å². The lowest BCUT2D eigenvalue weighted by Crippen LogP contribution is -2.37. The summed E-state index contributed by atoms with van der Waals surface area (Å²) in [5.41, 5.74) is 5.05. The van der Waals surface area contributed by atoms with Crippen molar-refractivity contribution in [2.45, 2.75) is 33.3 Å². The van der Waals surface area contributed by atoms with Crippen LogP contribution in [0, 0.1) is 13.8 Å². The molecule has 0 aromatic carbocycles. The molecule has 0 saturated carbocycles. The molecule has 0 aliphatic rings. The highest BCUT2D eigenvalue weighted by molar-refractivity contribution is 5.99. The van der Waals surface area contributed by atoms with Crippen LogP contribution >= 0.6 is 0 Å². The molecular formula is C12H17N3O3. The molecule has 6 heteroatoms. The van der Waals surface area contributed by atoms with E-state index in [2.05, 4.69) is 10.3 Å². The second kappa shape index (κ2) is 4.73. The number of aryl methyl sites for hydroxylation is 1. The highest BCUT2D eigenvalue weighted by Gasteiger charge is 2.25. The Labute approximate surface area is 105 Å². The first-order valence-corrected chi connectivity index (χ1v) is 5.45. The molecule has 1 aromatic heterocycles. The molecule has 0 radical (unpaired) electrons. The van der Waals surface area contributed by atoms with Crippen LogP contribution in [0.1, 0.15) is 35.5 Å². The van der Waals surface area contributed by atoms with Gasteiger partial charge in [-0.3, -0.25) is 9.59 Å². The number of amides is 2. The quantitative estimate of drug-likeness (QED) is 0.727. The lowest BCUT2D eigenvalue weighted by atomic mass is 10.1. The summed E-state index contributed by atoms with van der Waals surface area (Å²) in [5, 5.41) is 12.0. The number of hydrogen-bond donors (Lipinski definition) is 3. The Hall–Kier alpha value is -1.95. The molecular weight excluding hydrogens is 234 g/mol. The molecule has 0 saturated heterocycles. The van der Waals surface area contributed by atoms with E-state index < -0.39 is 17.4 Å². The Kier molecular flexibility index (Phi) is 3.71. The van der Waals surface area contributed by atoms with Gasteiger partial charge in [-0.2, -0.15) is 0 Å². The number of nitrogens with one attached hydrogen (secondary N) is 1. The standard InChI is InChI=1S/C12H17N3O3/c1-6-5-8(9(13)16)7(2)10(14-6)15-11(17)12(3,4)18/h5,18H,1-4H3,(H2,13,16)(H,14,15,17). The topological polar surface area (TPSA) is 105 Å². The summed E-state index contributed by atoms with van der Waals surface area (Å²) >= 11 is 0. The van der Waals surface area contributed by atoms with E-state index >= 15 is 0 Å². The van der Waals surface area contributed by atoms with Crippen molar-refractivity contribution in [2.24, 2.45) is 5.73 Å². The van der Waals surface area contributed by atoms with Crippen molar-refractivity contribution in [1.82, 2.24) is 4.98 Å². The molecule has 0 spiro atoms. The van der Waals surface area contributed by atoms with Gasteiger partial charge in [-0.15, -0.1) is 0 Å². The van der Waals surface area contributed by atoms with Gasteiger partial charge in [0.2, 0.25) is 5.91 Å². The molecule has 1 aromatic rings. The van der Waals surface area contributed by atoms with E-state index in [0.717, 1.165) is 0 Å². The van der Waals surface area contributed by atoms with Crippen molar-refractivity contribution >= 4 is 17.6 Å². The summed E-state index contributed by atoms with van der Waals surface area (Å²) in [5.74, 6) is -0.952. The molecule has 0 aliphatic heterocycles. The molecule has 0 aliphatic carbocycles. The van der Waals surface area contributed by atoms with Crippen LogP contribution in [0.15, 0.2) is 6.07 Å². The summed E-state index contributed by atoms with van der Waals surface area (Å²) < 4.78 is 0. The first kappa shape index (κ1) is 14.1. The molecule has 1 rings (SSSR count). The number of aromatic nitrogens is 1. The molecule has 18 heavy (non-hydrogen) atoms. The van der Waals surface area contributed by atoms with Crippen molar-refractivity contribution in [2.75, 3.05) is 5.32 Å². The van der Waals surface area contributed by atoms with Gasteiger partial charge in [0.25, 0.3) is 5.91 Å². The van der Waals surface area contributed by atoms with Crippen molar-refractivity contribution in [1.29, 1.82) is 0 Å². The van der Waals surface area contributed by atoms with E-state index in [0.29, 0.717) is 16.8 Å². The number of hydrogen-bond acceptors (Lipinski definition) is 4. The van der Waals surface area contributed by atoms with Gasteiger partial charge in [-0.05, 0) is 33.8 Å². The Balaban J connectivity index is 3.18. The van der Waals surface area contributed by atoms with Gasteiger partial charge in [-0.1, -0.05) is 0 Å². The fourth-order valence-electron chi connectivity index (χ4n) is 1.38. The van der Waals surface area contributed by atoms with Gasteiger partial charge in [-0.25, -0.2) is 4.98 Å². The second-order valence-electron chi connectivity index (χ2n) is 4.66. The number of carbonyl (C=O) groups is 2. The van der Waals surface area contributed by atoms with E-state index in [1.807, 2.05) is 0 Å². The number of nitrogens with zero attached hydrogens (tertiary/aromatic N) is 1. The van der Waals surface area contributed by atoms with Crippen LogP contribution in [0.25, 0.3) is 0 Å². The summed E-state index contributed by atoms with van der Waals surface area (Å²) in [7, 11) is 0. The number of nitrogens with two attached hydrogens (primary N) is 1. The number of aliphatic hydroxyl groups is 1. The maximum atomic E-state index is 11.7. The van der Waals surface area contributed by atoms with Crippen molar-refractivity contribution in [3.05, 3.63) is 22.9 Å². The van der Waals surface area contributed by atoms with Gasteiger partial charge in [0, 0.05) is 16.8 Å². The van der Waals surface area contributed by atoms with Crippen molar-refractivity contribution in [3.8, 4) is 0 Å². The zero-order valence-electron chi connectivity index (χ0n) is 10.9. The molecule has 0 unspecified atom stereocenters. The molecule has 2 amide bonds. The first-order valence-electron chi connectivity index (χ1n) is 5.45. The summed E-state index contributed by atoms with van der Waals surface area (Å²) in [6.45, 7) is 6.04. The average molecular weight is 251 g/mol. The highest BCUT2D eigenvalue weighted by Crippen LogP contribution is 2.19. The normalized spacial score (nSPS) is 11.2. The summed E-state index contributed by atoms with van der Waals surface area (Å²) in [4.78, 5) is 27.0. The minimum Gasteiger partial charge on any atom is -0.381 e. The van der Waals surface area contributed by atoms with E-state index in [4.69, 9.17) is 5.73 Å². The fraction of sp³-hybridized carbons (Fsp3) is 0.417. The maximum Gasteiger partial charge on any atom is 0.256 e. The van der Waals surface area contributed by atoms with Gasteiger partial charge >= 0.3 is 0 Å². The predicted molar refractivity (Wildman–Crippen MR) is 67.2 cm³/mol. The van der Waals surface area contributed by atoms with Crippen molar-refractivity contribution < 1.29 is 14.7 Å². The average Bonchev–Trinajstić information content (AvgIpc) is 2.21. The minimum absolute atomic E-state index is 0.232. The Bertz CT molecular complexity index is 504. The Morgan fingerprint density at radius 3 is 2.39 bits per heavy atom. The third-order valence-electron chi connectivity index (χ3n) is 2.45. The van der Waals surface area contributed by atoms with Crippen LogP contribution in [-0.4, -0.2) is 27.5 Å². The third-order valence-corrected chi connectivity index (χ3v) is 2.45. The fourth-order valence-corrected chi connectivity index (χ4v) is 1.38. The molecule has 4 N–H and O–H groups in total.